The number of rotatable bonds is 6. The van der Waals surface area contributed by atoms with Gasteiger partial charge in [-0.25, -0.2) is 19.2 Å². The molecule has 2 aromatic carbocycles. The van der Waals surface area contributed by atoms with Crippen molar-refractivity contribution in [3.63, 3.8) is 0 Å². The monoisotopic (exact) mass is 332 g/mol. The third kappa shape index (κ3) is 4.03. The van der Waals surface area contributed by atoms with E-state index in [4.69, 9.17) is 0 Å². The second-order valence-electron chi connectivity index (χ2n) is 4.58. The first-order chi connectivity index (χ1) is 12.2. The minimum absolute atomic E-state index is 0.0268. The van der Waals surface area contributed by atoms with Gasteiger partial charge in [0.15, 0.2) is 0 Å². The normalized spacial score (nSPS) is 8.96. The molecule has 120 valence electrons. The van der Waals surface area contributed by atoms with Crippen molar-refractivity contribution in [2.75, 3.05) is 0 Å². The molecule has 0 aliphatic carbocycles. The van der Waals surface area contributed by atoms with Crippen molar-refractivity contribution in [2.24, 2.45) is 20.0 Å². The first kappa shape index (κ1) is 17.3. The summed E-state index contributed by atoms with van der Waals surface area (Å²) in [5, 5.41) is 0. The molecule has 0 saturated heterocycles. The lowest BCUT2D eigenvalue weighted by molar-refractivity contribution is 0.563. The summed E-state index contributed by atoms with van der Waals surface area (Å²) in [7, 11) is 0. The second kappa shape index (κ2) is 8.56. The van der Waals surface area contributed by atoms with Gasteiger partial charge in [-0.15, -0.1) is 0 Å². The van der Waals surface area contributed by atoms with E-state index in [9.17, 15) is 19.2 Å². The van der Waals surface area contributed by atoms with E-state index in [0.717, 1.165) is 5.56 Å². The number of isocyanates is 4. The van der Waals surface area contributed by atoms with Crippen LogP contribution in [0, 0.1) is 0 Å². The number of hydrogen-bond donors (Lipinski definition) is 0. The molecule has 0 aromatic heterocycles. The maximum Gasteiger partial charge on any atom is 0.240 e. The molecular formula is C17H8N4O4. The smallest absolute Gasteiger partial charge is 0.211 e. The van der Waals surface area contributed by atoms with Crippen LogP contribution in [-0.4, -0.2) is 24.3 Å². The van der Waals surface area contributed by atoms with E-state index in [2.05, 4.69) is 20.0 Å². The molecule has 0 radical (unpaired) electrons. The van der Waals surface area contributed by atoms with Gasteiger partial charge in [0, 0.05) is 0 Å². The zero-order valence-electron chi connectivity index (χ0n) is 12.6. The number of benzene rings is 2. The summed E-state index contributed by atoms with van der Waals surface area (Å²) in [4.78, 5) is 56.7. The highest BCUT2D eigenvalue weighted by atomic mass is 16.1. The van der Waals surface area contributed by atoms with Gasteiger partial charge in [-0.3, -0.25) is 0 Å². The average Bonchev–Trinajstić information content (AvgIpc) is 2.62. The number of aliphatic imine (C=N–C) groups is 4. The Morgan fingerprint density at radius 1 is 0.680 bits per heavy atom. The van der Waals surface area contributed by atoms with Gasteiger partial charge in [-0.1, -0.05) is 30.3 Å². The Bertz CT molecular complexity index is 991. The fourth-order valence-corrected chi connectivity index (χ4v) is 2.25. The second-order valence-corrected chi connectivity index (χ2v) is 4.58. The van der Waals surface area contributed by atoms with Crippen LogP contribution in [0.3, 0.4) is 0 Å². The lowest BCUT2D eigenvalue weighted by Gasteiger charge is -2.10. The Morgan fingerprint density at radius 3 is 1.84 bits per heavy atom. The van der Waals surface area contributed by atoms with E-state index < -0.39 is 0 Å². The Balaban J connectivity index is 2.85. The van der Waals surface area contributed by atoms with Crippen LogP contribution in [0.5, 0.6) is 0 Å². The predicted molar refractivity (Wildman–Crippen MR) is 86.8 cm³/mol. The van der Waals surface area contributed by atoms with Crippen molar-refractivity contribution in [3.8, 4) is 0 Å². The van der Waals surface area contributed by atoms with Gasteiger partial charge < -0.3 is 0 Å². The zero-order valence-corrected chi connectivity index (χ0v) is 12.6. The zero-order chi connectivity index (χ0) is 18.1. The minimum Gasteiger partial charge on any atom is -0.211 e. The summed E-state index contributed by atoms with van der Waals surface area (Å²) in [5.74, 6) is 0. The number of carbonyl (C=O) groups excluding carboxylic acids is 4. The van der Waals surface area contributed by atoms with E-state index in [0.29, 0.717) is 5.56 Å². The highest BCUT2D eigenvalue weighted by molar-refractivity contribution is 5.90. The lowest BCUT2D eigenvalue weighted by atomic mass is 10.0. The molecular weight excluding hydrogens is 324 g/mol. The van der Waals surface area contributed by atoms with Crippen LogP contribution < -0.4 is 0 Å². The molecule has 0 aliphatic rings. The molecule has 8 heteroatoms. The summed E-state index contributed by atoms with van der Waals surface area (Å²) in [6.07, 6.45) is 5.56. The molecule has 0 fully saturated rings. The van der Waals surface area contributed by atoms with Crippen LogP contribution in [-0.2, 0) is 25.6 Å². The summed E-state index contributed by atoms with van der Waals surface area (Å²) in [6, 6.07) is 10.5. The van der Waals surface area contributed by atoms with Crippen LogP contribution >= 0.6 is 0 Å². The molecule has 8 nitrogen and oxygen atoms in total. The van der Waals surface area contributed by atoms with Gasteiger partial charge in [0.05, 0.1) is 0 Å². The summed E-state index contributed by atoms with van der Waals surface area (Å²) >= 11 is 0. The van der Waals surface area contributed by atoms with E-state index in [1.165, 1.54) is 30.4 Å². The fourth-order valence-electron chi connectivity index (χ4n) is 2.25. The standard InChI is InChI=1S/C17H8N4O4/c22-8-18-14-7-13(6-12-4-2-1-3-5-12)15(19-9-23)17(21-11-25)16(14)20-10-24/h1-5,7H,6H2. The van der Waals surface area contributed by atoms with Gasteiger partial charge in [0.2, 0.25) is 24.3 Å². The highest BCUT2D eigenvalue weighted by Gasteiger charge is 2.19. The largest absolute Gasteiger partial charge is 0.240 e. The molecule has 2 aromatic rings. The Hall–Kier alpha value is -4.04. The summed E-state index contributed by atoms with van der Waals surface area (Å²) in [5.41, 5.74) is 0.710. The molecule has 2 rings (SSSR count). The van der Waals surface area contributed by atoms with Gasteiger partial charge in [0.1, 0.15) is 22.7 Å². The maximum absolute atomic E-state index is 10.8. The van der Waals surface area contributed by atoms with E-state index in [1.807, 2.05) is 30.3 Å². The molecule has 0 aliphatic heterocycles. The molecule has 0 atom stereocenters. The van der Waals surface area contributed by atoms with Gasteiger partial charge in [0.25, 0.3) is 0 Å². The van der Waals surface area contributed by atoms with Crippen molar-refractivity contribution in [2.45, 2.75) is 6.42 Å². The Labute approximate surface area is 141 Å². The van der Waals surface area contributed by atoms with Crippen LogP contribution in [0.1, 0.15) is 11.1 Å². The van der Waals surface area contributed by atoms with Crippen molar-refractivity contribution < 1.29 is 19.2 Å². The first-order valence-corrected chi connectivity index (χ1v) is 6.80. The molecule has 0 heterocycles. The SMILES string of the molecule is O=C=Nc1cc(Cc2ccccc2)c(N=C=O)c(N=C=O)c1N=C=O. The molecule has 25 heavy (non-hydrogen) atoms. The minimum atomic E-state index is -0.243. The molecule has 0 N–H and O–H groups in total. The van der Waals surface area contributed by atoms with Crippen molar-refractivity contribution in [1.82, 2.24) is 0 Å². The van der Waals surface area contributed by atoms with E-state index in [1.54, 1.807) is 0 Å². The third-order valence-corrected chi connectivity index (χ3v) is 3.18. The lowest BCUT2D eigenvalue weighted by Crippen LogP contribution is -1.90. The Kier molecular flexibility index (Phi) is 5.93. The van der Waals surface area contributed by atoms with E-state index >= 15 is 0 Å². The number of nitrogens with zero attached hydrogens (tertiary/aromatic N) is 4. The molecule has 0 saturated carbocycles. The van der Waals surface area contributed by atoms with Crippen LogP contribution in [0.25, 0.3) is 0 Å². The maximum atomic E-state index is 10.8. The topological polar surface area (TPSA) is 118 Å². The molecule has 0 amide bonds. The first-order valence-electron chi connectivity index (χ1n) is 6.80. The molecule has 0 spiro atoms. The molecule has 0 bridgehead atoms. The summed E-state index contributed by atoms with van der Waals surface area (Å²) < 4.78 is 0. The highest BCUT2D eigenvalue weighted by Crippen LogP contribution is 2.47. The van der Waals surface area contributed by atoms with Crippen LogP contribution in [0.4, 0.5) is 22.7 Å². The van der Waals surface area contributed by atoms with Gasteiger partial charge >= 0.3 is 0 Å². The third-order valence-electron chi connectivity index (χ3n) is 3.18. The quantitative estimate of drug-likeness (QED) is 0.596. The van der Waals surface area contributed by atoms with E-state index in [-0.39, 0.29) is 29.2 Å². The number of hydrogen-bond acceptors (Lipinski definition) is 8. The predicted octanol–water partition coefficient (Wildman–Crippen LogP) is 3.15. The fraction of sp³-hybridized carbons (Fsp3) is 0.0588. The van der Waals surface area contributed by atoms with Crippen LogP contribution in [0.2, 0.25) is 0 Å². The van der Waals surface area contributed by atoms with Crippen molar-refractivity contribution >= 4 is 47.1 Å². The van der Waals surface area contributed by atoms with Gasteiger partial charge in [-0.2, -0.15) is 20.0 Å². The molecule has 0 unspecified atom stereocenters. The van der Waals surface area contributed by atoms with Gasteiger partial charge in [-0.05, 0) is 23.6 Å². The average molecular weight is 332 g/mol. The van der Waals surface area contributed by atoms with Crippen LogP contribution in [0.15, 0.2) is 56.4 Å². The van der Waals surface area contributed by atoms with Crippen molar-refractivity contribution in [1.29, 1.82) is 0 Å². The summed E-state index contributed by atoms with van der Waals surface area (Å²) in [6.45, 7) is 0. The Morgan fingerprint density at radius 2 is 1.24 bits per heavy atom. The van der Waals surface area contributed by atoms with Crippen molar-refractivity contribution in [3.05, 3.63) is 47.5 Å².